The fourth-order valence-electron chi connectivity index (χ4n) is 3.30. The minimum absolute atomic E-state index is 0.0913. The molecule has 0 radical (unpaired) electrons. The Labute approximate surface area is 169 Å². The first-order valence-corrected chi connectivity index (χ1v) is 10.6. The number of carbonyl (C=O) groups excluding carboxylic acids is 1. The summed E-state index contributed by atoms with van der Waals surface area (Å²) in [6, 6.07) is 7.54. The van der Waals surface area contributed by atoms with E-state index >= 15 is 0 Å². The second-order valence-corrected chi connectivity index (χ2v) is 7.40. The number of anilines is 1. The minimum atomic E-state index is -0.794. The van der Waals surface area contributed by atoms with Gasteiger partial charge in [-0.3, -0.25) is 9.69 Å². The molecule has 0 saturated carbocycles. The van der Waals surface area contributed by atoms with Crippen molar-refractivity contribution in [3.8, 4) is 5.75 Å². The van der Waals surface area contributed by atoms with Crippen molar-refractivity contribution in [1.29, 1.82) is 0 Å². The van der Waals surface area contributed by atoms with Crippen LogP contribution in [-0.4, -0.2) is 62.5 Å². The Morgan fingerprint density at radius 3 is 2.54 bits per heavy atom. The van der Waals surface area contributed by atoms with Gasteiger partial charge in [0.15, 0.2) is 0 Å². The van der Waals surface area contributed by atoms with Crippen LogP contribution in [-0.2, 0) is 14.3 Å². The van der Waals surface area contributed by atoms with Gasteiger partial charge in [0, 0.05) is 31.9 Å². The molecule has 1 aliphatic heterocycles. The van der Waals surface area contributed by atoms with Crippen LogP contribution in [0.25, 0.3) is 0 Å². The summed E-state index contributed by atoms with van der Waals surface area (Å²) in [5.74, 6) is 0.716. The molecule has 1 atom stereocenters. The van der Waals surface area contributed by atoms with Crippen LogP contribution in [0, 0.1) is 0 Å². The molecule has 1 fully saturated rings. The minimum Gasteiger partial charge on any atom is -0.492 e. The Morgan fingerprint density at radius 1 is 1.18 bits per heavy atom. The van der Waals surface area contributed by atoms with Crippen molar-refractivity contribution in [1.82, 2.24) is 4.90 Å². The fourth-order valence-corrected chi connectivity index (χ4v) is 3.30. The molecule has 1 aromatic rings. The largest absolute Gasteiger partial charge is 0.492 e. The van der Waals surface area contributed by atoms with Gasteiger partial charge in [-0.2, -0.15) is 0 Å². The lowest BCUT2D eigenvalue weighted by Gasteiger charge is -2.28. The topological polar surface area (TPSA) is 60.0 Å². The van der Waals surface area contributed by atoms with Crippen LogP contribution in [0.3, 0.4) is 0 Å². The molecule has 28 heavy (non-hydrogen) atoms. The second kappa shape index (κ2) is 12.0. The molecule has 0 spiro atoms. The number of hydrogen-bond acceptors (Lipinski definition) is 5. The van der Waals surface area contributed by atoms with Crippen molar-refractivity contribution in [2.45, 2.75) is 52.1 Å². The predicted molar refractivity (Wildman–Crippen MR) is 112 cm³/mol. The Bertz CT molecular complexity index is 572. The number of rotatable bonds is 12. The van der Waals surface area contributed by atoms with Gasteiger partial charge in [-0.25, -0.2) is 0 Å². The highest BCUT2D eigenvalue weighted by Crippen LogP contribution is 2.23. The Hall–Kier alpha value is -1.63. The van der Waals surface area contributed by atoms with Gasteiger partial charge in [-0.1, -0.05) is 26.2 Å². The maximum atomic E-state index is 12.8. The summed E-state index contributed by atoms with van der Waals surface area (Å²) in [7, 11) is 0. The maximum absolute atomic E-state index is 12.8. The first-order chi connectivity index (χ1) is 13.6. The average molecular weight is 393 g/mol. The van der Waals surface area contributed by atoms with E-state index in [9.17, 15) is 4.79 Å². The van der Waals surface area contributed by atoms with Gasteiger partial charge < -0.3 is 19.5 Å². The lowest BCUT2D eigenvalue weighted by atomic mass is 9.96. The standard InChI is InChI=1S/C22H36N2O4/c1-4-6-7-12-22(3,28-5-2)21(25)23-19-8-10-20(11-9-19)27-18-15-24-13-16-26-17-14-24/h8-11H,4-7,12-18H2,1-3H3,(H,23,25). The molecule has 158 valence electrons. The summed E-state index contributed by atoms with van der Waals surface area (Å²) in [5, 5.41) is 2.99. The highest BCUT2D eigenvalue weighted by molar-refractivity contribution is 5.97. The number of carbonyl (C=O) groups is 1. The Morgan fingerprint density at radius 2 is 1.89 bits per heavy atom. The predicted octanol–water partition coefficient (Wildman–Crippen LogP) is 3.71. The third-order valence-electron chi connectivity index (χ3n) is 5.09. The highest BCUT2D eigenvalue weighted by Gasteiger charge is 2.33. The van der Waals surface area contributed by atoms with Crippen molar-refractivity contribution in [3.63, 3.8) is 0 Å². The summed E-state index contributed by atoms with van der Waals surface area (Å²) < 4.78 is 17.0. The maximum Gasteiger partial charge on any atom is 0.256 e. The molecule has 1 saturated heterocycles. The van der Waals surface area contributed by atoms with E-state index in [1.807, 2.05) is 38.1 Å². The quantitative estimate of drug-likeness (QED) is 0.550. The van der Waals surface area contributed by atoms with Crippen molar-refractivity contribution in [2.24, 2.45) is 0 Å². The van der Waals surface area contributed by atoms with Gasteiger partial charge in [0.2, 0.25) is 0 Å². The van der Waals surface area contributed by atoms with Crippen LogP contribution in [0.15, 0.2) is 24.3 Å². The average Bonchev–Trinajstić information content (AvgIpc) is 2.70. The zero-order valence-electron chi connectivity index (χ0n) is 17.7. The summed E-state index contributed by atoms with van der Waals surface area (Å²) in [6.45, 7) is 11.5. The second-order valence-electron chi connectivity index (χ2n) is 7.40. The fraction of sp³-hybridized carbons (Fsp3) is 0.682. The molecule has 6 nitrogen and oxygen atoms in total. The van der Waals surface area contributed by atoms with E-state index in [1.165, 1.54) is 0 Å². The highest BCUT2D eigenvalue weighted by atomic mass is 16.5. The van der Waals surface area contributed by atoms with E-state index in [4.69, 9.17) is 14.2 Å². The third kappa shape index (κ3) is 7.41. The Kier molecular flexibility index (Phi) is 9.75. The number of morpholine rings is 1. The molecular weight excluding hydrogens is 356 g/mol. The first-order valence-electron chi connectivity index (χ1n) is 10.6. The normalized spacial score (nSPS) is 17.1. The molecule has 2 rings (SSSR count). The molecule has 0 aliphatic carbocycles. The van der Waals surface area contributed by atoms with Crippen molar-refractivity contribution in [2.75, 3.05) is 51.4 Å². The van der Waals surface area contributed by atoms with Gasteiger partial charge in [-0.15, -0.1) is 0 Å². The third-order valence-corrected chi connectivity index (χ3v) is 5.09. The van der Waals surface area contributed by atoms with Crippen LogP contribution >= 0.6 is 0 Å². The summed E-state index contributed by atoms with van der Waals surface area (Å²) in [5.41, 5.74) is -0.0380. The molecule has 1 N–H and O–H groups in total. The summed E-state index contributed by atoms with van der Waals surface area (Å²) >= 11 is 0. The number of unbranched alkanes of at least 4 members (excludes halogenated alkanes) is 2. The van der Waals surface area contributed by atoms with E-state index in [1.54, 1.807) is 0 Å². The van der Waals surface area contributed by atoms with Crippen LogP contribution < -0.4 is 10.1 Å². The molecule has 1 unspecified atom stereocenters. The van der Waals surface area contributed by atoms with Gasteiger partial charge in [0.05, 0.1) is 13.2 Å². The number of benzene rings is 1. The number of hydrogen-bond donors (Lipinski definition) is 1. The SMILES string of the molecule is CCCCCC(C)(OCC)C(=O)Nc1ccc(OCCN2CCOCC2)cc1. The van der Waals surface area contributed by atoms with E-state index in [0.29, 0.717) is 13.2 Å². The zero-order valence-corrected chi connectivity index (χ0v) is 17.7. The van der Waals surface area contributed by atoms with E-state index in [0.717, 1.165) is 70.0 Å². The lowest BCUT2D eigenvalue weighted by Crippen LogP contribution is -2.42. The van der Waals surface area contributed by atoms with Crippen LogP contribution in [0.5, 0.6) is 5.75 Å². The van der Waals surface area contributed by atoms with Gasteiger partial charge in [0.1, 0.15) is 18.0 Å². The number of ether oxygens (including phenoxy) is 3. The summed E-state index contributed by atoms with van der Waals surface area (Å²) in [6.07, 6.45) is 3.93. The van der Waals surface area contributed by atoms with Crippen molar-refractivity contribution in [3.05, 3.63) is 24.3 Å². The van der Waals surface area contributed by atoms with Crippen LogP contribution in [0.2, 0.25) is 0 Å². The van der Waals surface area contributed by atoms with Gasteiger partial charge in [-0.05, 0) is 44.5 Å². The van der Waals surface area contributed by atoms with E-state index in [-0.39, 0.29) is 5.91 Å². The smallest absolute Gasteiger partial charge is 0.256 e. The first kappa shape index (κ1) is 22.7. The number of amides is 1. The zero-order chi connectivity index (χ0) is 20.2. The molecular formula is C22H36N2O4. The number of nitrogens with zero attached hydrogens (tertiary/aromatic N) is 1. The lowest BCUT2D eigenvalue weighted by molar-refractivity contribution is -0.139. The van der Waals surface area contributed by atoms with Gasteiger partial charge in [0.25, 0.3) is 5.91 Å². The van der Waals surface area contributed by atoms with Crippen molar-refractivity contribution >= 4 is 11.6 Å². The molecule has 1 heterocycles. The summed E-state index contributed by atoms with van der Waals surface area (Å²) in [4.78, 5) is 15.1. The molecule has 0 aromatic heterocycles. The van der Waals surface area contributed by atoms with E-state index in [2.05, 4.69) is 17.1 Å². The van der Waals surface area contributed by atoms with Crippen LogP contribution in [0.4, 0.5) is 5.69 Å². The molecule has 0 bridgehead atoms. The van der Waals surface area contributed by atoms with Crippen LogP contribution in [0.1, 0.15) is 46.5 Å². The molecule has 6 heteroatoms. The molecule has 1 amide bonds. The molecule has 1 aromatic carbocycles. The Balaban J connectivity index is 1.81. The molecule has 1 aliphatic rings. The van der Waals surface area contributed by atoms with E-state index < -0.39 is 5.60 Å². The van der Waals surface area contributed by atoms with Gasteiger partial charge >= 0.3 is 0 Å². The number of nitrogens with one attached hydrogen (secondary N) is 1. The monoisotopic (exact) mass is 392 g/mol. The van der Waals surface area contributed by atoms with Crippen molar-refractivity contribution < 1.29 is 19.0 Å².